The van der Waals surface area contributed by atoms with Gasteiger partial charge in [0.25, 0.3) is 0 Å². The van der Waals surface area contributed by atoms with E-state index in [1.807, 2.05) is 18.2 Å². The third-order valence-corrected chi connectivity index (χ3v) is 2.93. The Hall–Kier alpha value is -1.87. The van der Waals surface area contributed by atoms with Gasteiger partial charge in [0.1, 0.15) is 12.4 Å². The number of hydrogen-bond acceptors (Lipinski definition) is 3. The van der Waals surface area contributed by atoms with Crippen LogP contribution in [-0.4, -0.2) is 11.5 Å². The van der Waals surface area contributed by atoms with Crippen molar-refractivity contribution in [2.75, 3.05) is 6.54 Å². The van der Waals surface area contributed by atoms with Gasteiger partial charge in [0.15, 0.2) is 0 Å². The molecule has 0 saturated heterocycles. The van der Waals surface area contributed by atoms with E-state index in [0.717, 1.165) is 24.4 Å². The topological polar surface area (TPSA) is 34.1 Å². The average Bonchev–Trinajstić information content (AvgIpc) is 2.45. The zero-order valence-corrected chi connectivity index (χ0v) is 11.5. The third kappa shape index (κ3) is 4.07. The summed E-state index contributed by atoms with van der Waals surface area (Å²) in [5.74, 6) is 0.948. The van der Waals surface area contributed by atoms with Crippen molar-refractivity contribution in [3.8, 4) is 5.75 Å². The zero-order chi connectivity index (χ0) is 13.5. The summed E-state index contributed by atoms with van der Waals surface area (Å²) in [5, 5.41) is 3.34. The lowest BCUT2D eigenvalue weighted by Crippen LogP contribution is -2.13. The number of rotatable bonds is 6. The fourth-order valence-corrected chi connectivity index (χ4v) is 1.89. The van der Waals surface area contributed by atoms with Crippen molar-refractivity contribution in [1.29, 1.82) is 0 Å². The van der Waals surface area contributed by atoms with Crippen LogP contribution in [0.25, 0.3) is 0 Å². The van der Waals surface area contributed by atoms with Crippen LogP contribution < -0.4 is 10.1 Å². The van der Waals surface area contributed by atoms with Gasteiger partial charge in [0, 0.05) is 24.5 Å². The summed E-state index contributed by atoms with van der Waals surface area (Å²) in [5.41, 5.74) is 3.59. The third-order valence-electron chi connectivity index (χ3n) is 2.93. The molecule has 0 fully saturated rings. The molecule has 1 heterocycles. The first-order valence-electron chi connectivity index (χ1n) is 6.61. The molecule has 1 N–H and O–H groups in total. The van der Waals surface area contributed by atoms with Gasteiger partial charge in [-0.25, -0.2) is 0 Å². The molecule has 0 amide bonds. The van der Waals surface area contributed by atoms with E-state index in [2.05, 4.69) is 36.3 Å². The lowest BCUT2D eigenvalue weighted by atomic mass is 10.1. The Morgan fingerprint density at radius 2 is 1.95 bits per heavy atom. The van der Waals surface area contributed by atoms with Crippen LogP contribution in [0.15, 0.2) is 42.7 Å². The number of pyridine rings is 1. The van der Waals surface area contributed by atoms with Gasteiger partial charge in [-0.3, -0.25) is 4.98 Å². The molecule has 19 heavy (non-hydrogen) atoms. The Bertz CT molecular complexity index is 511. The Kier molecular flexibility index (Phi) is 4.93. The number of aryl methyl sites for hydroxylation is 1. The number of nitrogens with one attached hydrogen (secondary N) is 1. The van der Waals surface area contributed by atoms with E-state index in [1.165, 1.54) is 11.1 Å². The van der Waals surface area contributed by atoms with Gasteiger partial charge in [-0.15, -0.1) is 0 Å². The van der Waals surface area contributed by atoms with Crippen LogP contribution in [-0.2, 0) is 13.2 Å². The molecule has 1 aromatic heterocycles. The Labute approximate surface area is 114 Å². The minimum atomic E-state index is 0.574. The predicted molar refractivity (Wildman–Crippen MR) is 77.1 cm³/mol. The maximum Gasteiger partial charge on any atom is 0.124 e. The molecule has 2 rings (SSSR count). The summed E-state index contributed by atoms with van der Waals surface area (Å²) in [6, 6.07) is 10.2. The predicted octanol–water partition coefficient (Wildman–Crippen LogP) is 3.08. The highest BCUT2D eigenvalue weighted by atomic mass is 16.5. The van der Waals surface area contributed by atoms with Crippen LogP contribution >= 0.6 is 0 Å². The van der Waals surface area contributed by atoms with E-state index in [9.17, 15) is 0 Å². The second kappa shape index (κ2) is 6.90. The van der Waals surface area contributed by atoms with Crippen molar-refractivity contribution in [2.24, 2.45) is 0 Å². The molecule has 0 radical (unpaired) electrons. The molecule has 0 aliphatic heterocycles. The van der Waals surface area contributed by atoms with Gasteiger partial charge < -0.3 is 10.1 Å². The number of aromatic nitrogens is 1. The monoisotopic (exact) mass is 256 g/mol. The van der Waals surface area contributed by atoms with Gasteiger partial charge in [0.05, 0.1) is 0 Å². The second-order valence-corrected chi connectivity index (χ2v) is 4.54. The molecule has 100 valence electrons. The highest BCUT2D eigenvalue weighted by molar-refractivity contribution is 5.37. The minimum absolute atomic E-state index is 0.574. The van der Waals surface area contributed by atoms with Crippen molar-refractivity contribution in [3.63, 3.8) is 0 Å². The number of hydrogen-bond donors (Lipinski definition) is 1. The molecular formula is C16H20N2O. The molecule has 0 spiro atoms. The van der Waals surface area contributed by atoms with Crippen molar-refractivity contribution >= 4 is 0 Å². The Balaban J connectivity index is 2.06. The summed E-state index contributed by atoms with van der Waals surface area (Å²) in [6.07, 6.45) is 3.57. The number of ether oxygens (including phenoxy) is 1. The largest absolute Gasteiger partial charge is 0.489 e. The van der Waals surface area contributed by atoms with Crippen molar-refractivity contribution in [3.05, 3.63) is 59.4 Å². The molecular weight excluding hydrogens is 236 g/mol. The van der Waals surface area contributed by atoms with Crippen molar-refractivity contribution < 1.29 is 4.74 Å². The molecule has 1 aromatic carbocycles. The molecule has 0 aliphatic carbocycles. The van der Waals surface area contributed by atoms with E-state index in [1.54, 1.807) is 12.4 Å². The van der Waals surface area contributed by atoms with Gasteiger partial charge in [-0.1, -0.05) is 24.6 Å². The Morgan fingerprint density at radius 1 is 1.16 bits per heavy atom. The van der Waals surface area contributed by atoms with Crippen LogP contribution in [0.3, 0.4) is 0 Å². The quantitative estimate of drug-likeness (QED) is 0.862. The maximum absolute atomic E-state index is 5.91. The first kappa shape index (κ1) is 13.6. The van der Waals surface area contributed by atoms with Crippen LogP contribution in [0.2, 0.25) is 0 Å². The SMILES string of the molecule is CCNCc1cc(C)ccc1OCc1ccncc1. The number of nitrogens with zero attached hydrogens (tertiary/aromatic N) is 1. The van der Waals surface area contributed by atoms with E-state index in [-0.39, 0.29) is 0 Å². The molecule has 0 atom stereocenters. The summed E-state index contributed by atoms with van der Waals surface area (Å²) in [7, 11) is 0. The Morgan fingerprint density at radius 3 is 2.68 bits per heavy atom. The molecule has 3 heteroatoms. The lowest BCUT2D eigenvalue weighted by molar-refractivity contribution is 0.302. The first-order chi connectivity index (χ1) is 9.29. The standard InChI is InChI=1S/C16H20N2O/c1-3-17-11-15-10-13(2)4-5-16(15)19-12-14-6-8-18-9-7-14/h4-10,17H,3,11-12H2,1-2H3. The van der Waals surface area contributed by atoms with Crippen LogP contribution in [0, 0.1) is 6.92 Å². The minimum Gasteiger partial charge on any atom is -0.489 e. The van der Waals surface area contributed by atoms with Crippen LogP contribution in [0.5, 0.6) is 5.75 Å². The highest BCUT2D eigenvalue weighted by Gasteiger charge is 2.04. The van der Waals surface area contributed by atoms with Gasteiger partial charge in [-0.2, -0.15) is 0 Å². The van der Waals surface area contributed by atoms with Gasteiger partial charge in [-0.05, 0) is 37.2 Å². The van der Waals surface area contributed by atoms with Gasteiger partial charge >= 0.3 is 0 Å². The fourth-order valence-electron chi connectivity index (χ4n) is 1.89. The highest BCUT2D eigenvalue weighted by Crippen LogP contribution is 2.21. The van der Waals surface area contributed by atoms with Crippen LogP contribution in [0.1, 0.15) is 23.6 Å². The summed E-state index contributed by atoms with van der Waals surface area (Å²) >= 11 is 0. The van der Waals surface area contributed by atoms with E-state index < -0.39 is 0 Å². The van der Waals surface area contributed by atoms with E-state index >= 15 is 0 Å². The molecule has 0 bridgehead atoms. The van der Waals surface area contributed by atoms with Gasteiger partial charge in [0.2, 0.25) is 0 Å². The molecule has 0 unspecified atom stereocenters. The molecule has 0 aliphatic rings. The lowest BCUT2D eigenvalue weighted by Gasteiger charge is -2.12. The molecule has 3 nitrogen and oxygen atoms in total. The maximum atomic E-state index is 5.91. The molecule has 0 saturated carbocycles. The normalized spacial score (nSPS) is 10.4. The van der Waals surface area contributed by atoms with E-state index in [4.69, 9.17) is 4.74 Å². The second-order valence-electron chi connectivity index (χ2n) is 4.54. The average molecular weight is 256 g/mol. The van der Waals surface area contributed by atoms with Crippen molar-refractivity contribution in [2.45, 2.75) is 27.0 Å². The smallest absolute Gasteiger partial charge is 0.124 e. The molecule has 2 aromatic rings. The summed E-state index contributed by atoms with van der Waals surface area (Å²) < 4.78 is 5.91. The van der Waals surface area contributed by atoms with Crippen LogP contribution in [0.4, 0.5) is 0 Å². The first-order valence-corrected chi connectivity index (χ1v) is 6.61. The van der Waals surface area contributed by atoms with E-state index in [0.29, 0.717) is 6.61 Å². The summed E-state index contributed by atoms with van der Waals surface area (Å²) in [4.78, 5) is 4.00. The summed E-state index contributed by atoms with van der Waals surface area (Å²) in [6.45, 7) is 6.57. The zero-order valence-electron chi connectivity index (χ0n) is 11.5. The fraction of sp³-hybridized carbons (Fsp3) is 0.312. The van der Waals surface area contributed by atoms with Crippen molar-refractivity contribution in [1.82, 2.24) is 10.3 Å². The number of benzene rings is 1.